The summed E-state index contributed by atoms with van der Waals surface area (Å²) >= 11 is 0. The van der Waals surface area contributed by atoms with Crippen LogP contribution in [-0.4, -0.2) is 75.2 Å². The molecule has 4 rings (SSSR count). The lowest BCUT2D eigenvalue weighted by Crippen LogP contribution is -2.47. The molecule has 1 aliphatic rings. The van der Waals surface area contributed by atoms with E-state index in [0.717, 1.165) is 32.7 Å². The predicted octanol–water partition coefficient (Wildman–Crippen LogP) is 1.57. The van der Waals surface area contributed by atoms with Gasteiger partial charge in [0.1, 0.15) is 0 Å². The summed E-state index contributed by atoms with van der Waals surface area (Å²) in [5, 5.41) is 18.7. The molecule has 0 unspecified atom stereocenters. The third kappa shape index (κ3) is 8.68. The number of carbonyl (C=O) groups is 3. The van der Waals surface area contributed by atoms with Crippen molar-refractivity contribution in [2.24, 2.45) is 0 Å². The highest BCUT2D eigenvalue weighted by Gasteiger charge is 2.17. The SMILES string of the molecule is CC(=O)Nc1ccc2[nH]c(=O)n(CCCN3CCN(c4ccccc4)CC3)c(=O)c2c1.O=C(O)C=CC(=O)O. The Bertz CT molecular complexity index is 1440. The minimum atomic E-state index is -1.26. The predicted molar refractivity (Wildman–Crippen MR) is 147 cm³/mol. The van der Waals surface area contributed by atoms with E-state index in [4.69, 9.17) is 10.2 Å². The minimum Gasteiger partial charge on any atom is -0.478 e. The number of carboxylic acid groups (broad SMARTS) is 2. The van der Waals surface area contributed by atoms with Crippen molar-refractivity contribution in [2.75, 3.05) is 42.9 Å². The van der Waals surface area contributed by atoms with Gasteiger partial charge in [-0.25, -0.2) is 14.4 Å². The maximum absolute atomic E-state index is 12.9. The van der Waals surface area contributed by atoms with Gasteiger partial charge in [-0.15, -0.1) is 0 Å². The molecule has 0 spiro atoms. The maximum Gasteiger partial charge on any atom is 0.328 e. The summed E-state index contributed by atoms with van der Waals surface area (Å²) in [6, 6.07) is 15.3. The highest BCUT2D eigenvalue weighted by molar-refractivity contribution is 5.92. The molecule has 1 amide bonds. The van der Waals surface area contributed by atoms with Crippen molar-refractivity contribution in [3.05, 3.63) is 81.5 Å². The average Bonchev–Trinajstić information content (AvgIpc) is 2.91. The van der Waals surface area contributed by atoms with Crippen LogP contribution in [0, 0.1) is 0 Å². The Kier molecular flexibility index (Phi) is 10.2. The van der Waals surface area contributed by atoms with Crippen molar-refractivity contribution in [3.8, 4) is 0 Å². The molecule has 0 radical (unpaired) electrons. The molecule has 12 heteroatoms. The van der Waals surface area contributed by atoms with Gasteiger partial charge in [-0.05, 0) is 43.3 Å². The van der Waals surface area contributed by atoms with E-state index in [2.05, 4.69) is 44.4 Å². The number of piperazine rings is 1. The second-order valence-electron chi connectivity index (χ2n) is 8.86. The fourth-order valence-corrected chi connectivity index (χ4v) is 4.20. The van der Waals surface area contributed by atoms with Gasteiger partial charge in [0.15, 0.2) is 0 Å². The van der Waals surface area contributed by atoms with Crippen molar-refractivity contribution in [3.63, 3.8) is 0 Å². The molecule has 0 atom stereocenters. The monoisotopic (exact) mass is 537 g/mol. The molecule has 2 heterocycles. The second-order valence-corrected chi connectivity index (χ2v) is 8.86. The normalized spacial score (nSPS) is 13.6. The van der Waals surface area contributed by atoms with Crippen LogP contribution in [0.5, 0.6) is 0 Å². The van der Waals surface area contributed by atoms with E-state index in [0.29, 0.717) is 41.7 Å². The van der Waals surface area contributed by atoms with Crippen molar-refractivity contribution >= 4 is 40.1 Å². The number of rotatable bonds is 8. The number of anilines is 2. The number of carboxylic acids is 2. The summed E-state index contributed by atoms with van der Waals surface area (Å²) in [7, 11) is 0. The molecular weight excluding hydrogens is 506 g/mol. The van der Waals surface area contributed by atoms with Gasteiger partial charge in [-0.2, -0.15) is 0 Å². The Morgan fingerprint density at radius 1 is 0.923 bits per heavy atom. The van der Waals surface area contributed by atoms with E-state index >= 15 is 0 Å². The Hall–Kier alpha value is -4.71. The topological polar surface area (TPSA) is 165 Å². The molecule has 1 aliphatic heterocycles. The number of hydrogen-bond acceptors (Lipinski definition) is 7. The van der Waals surface area contributed by atoms with E-state index in [-0.39, 0.29) is 11.5 Å². The smallest absolute Gasteiger partial charge is 0.328 e. The molecule has 1 fully saturated rings. The van der Waals surface area contributed by atoms with Crippen LogP contribution in [0.2, 0.25) is 0 Å². The number of H-pyrrole nitrogens is 1. The Morgan fingerprint density at radius 2 is 1.56 bits per heavy atom. The summed E-state index contributed by atoms with van der Waals surface area (Å²) in [5.41, 5.74) is 1.51. The fourth-order valence-electron chi connectivity index (χ4n) is 4.20. The third-order valence-corrected chi connectivity index (χ3v) is 6.02. The van der Waals surface area contributed by atoms with Crippen LogP contribution in [0.1, 0.15) is 13.3 Å². The zero-order valence-corrected chi connectivity index (χ0v) is 21.5. The Labute approximate surface area is 223 Å². The number of hydrogen-bond donors (Lipinski definition) is 4. The number of nitrogens with one attached hydrogen (secondary N) is 2. The number of carbonyl (C=O) groups excluding carboxylic acids is 1. The first kappa shape index (κ1) is 28.9. The van der Waals surface area contributed by atoms with Gasteiger partial charge >= 0.3 is 17.6 Å². The molecule has 1 aromatic heterocycles. The van der Waals surface area contributed by atoms with Crippen LogP contribution in [0.15, 0.2) is 70.3 Å². The van der Waals surface area contributed by atoms with Crippen LogP contribution < -0.4 is 21.5 Å². The third-order valence-electron chi connectivity index (χ3n) is 6.02. The second kappa shape index (κ2) is 13.7. The van der Waals surface area contributed by atoms with E-state index in [1.807, 2.05) is 6.07 Å². The number of para-hydroxylation sites is 1. The van der Waals surface area contributed by atoms with Gasteiger partial charge in [-0.3, -0.25) is 19.1 Å². The molecule has 39 heavy (non-hydrogen) atoms. The number of aromatic amines is 1. The minimum absolute atomic E-state index is 0.212. The molecule has 2 aromatic carbocycles. The van der Waals surface area contributed by atoms with Gasteiger partial charge in [0.25, 0.3) is 5.56 Å². The lowest BCUT2D eigenvalue weighted by atomic mass is 10.2. The lowest BCUT2D eigenvalue weighted by Gasteiger charge is -2.36. The molecule has 1 saturated heterocycles. The average molecular weight is 538 g/mol. The first-order valence-electron chi connectivity index (χ1n) is 12.3. The summed E-state index contributed by atoms with van der Waals surface area (Å²) in [6.07, 6.45) is 1.83. The summed E-state index contributed by atoms with van der Waals surface area (Å²) in [4.78, 5) is 63.2. The first-order chi connectivity index (χ1) is 18.6. The molecule has 12 nitrogen and oxygen atoms in total. The summed E-state index contributed by atoms with van der Waals surface area (Å²) in [5.74, 6) is -2.73. The van der Waals surface area contributed by atoms with Crippen molar-refractivity contribution in [2.45, 2.75) is 19.9 Å². The number of aromatic nitrogens is 2. The van der Waals surface area contributed by atoms with Gasteiger partial charge in [0.2, 0.25) is 5.91 Å². The highest BCUT2D eigenvalue weighted by Crippen LogP contribution is 2.16. The Morgan fingerprint density at radius 3 is 2.15 bits per heavy atom. The number of amides is 1. The van der Waals surface area contributed by atoms with Gasteiger partial charge in [0.05, 0.1) is 10.9 Å². The number of benzene rings is 2. The largest absolute Gasteiger partial charge is 0.478 e. The molecule has 0 saturated carbocycles. The Balaban J connectivity index is 0.000000459. The van der Waals surface area contributed by atoms with Crippen LogP contribution in [0.3, 0.4) is 0 Å². The quantitative estimate of drug-likeness (QED) is 0.312. The number of aliphatic carboxylic acids is 2. The lowest BCUT2D eigenvalue weighted by molar-refractivity contribution is -0.134. The van der Waals surface area contributed by atoms with Crippen molar-refractivity contribution < 1.29 is 24.6 Å². The first-order valence-corrected chi connectivity index (χ1v) is 12.3. The highest BCUT2D eigenvalue weighted by atomic mass is 16.4. The van der Waals surface area contributed by atoms with Crippen LogP contribution >= 0.6 is 0 Å². The van der Waals surface area contributed by atoms with Crippen LogP contribution in [-0.2, 0) is 20.9 Å². The van der Waals surface area contributed by atoms with Crippen LogP contribution in [0.25, 0.3) is 10.9 Å². The van der Waals surface area contributed by atoms with Gasteiger partial charge in [0, 0.05) is 63.2 Å². The molecule has 0 aliphatic carbocycles. The van der Waals surface area contributed by atoms with E-state index in [1.54, 1.807) is 18.2 Å². The van der Waals surface area contributed by atoms with Gasteiger partial charge in [-0.1, -0.05) is 18.2 Å². The molecule has 4 N–H and O–H groups in total. The van der Waals surface area contributed by atoms with Gasteiger partial charge < -0.3 is 25.4 Å². The van der Waals surface area contributed by atoms with Crippen molar-refractivity contribution in [1.82, 2.24) is 14.5 Å². The maximum atomic E-state index is 12.9. The van der Waals surface area contributed by atoms with E-state index in [1.165, 1.54) is 17.2 Å². The van der Waals surface area contributed by atoms with Crippen LogP contribution in [0.4, 0.5) is 11.4 Å². The van der Waals surface area contributed by atoms with E-state index in [9.17, 15) is 24.0 Å². The fraction of sp³-hybridized carbons (Fsp3) is 0.296. The molecule has 3 aromatic rings. The number of nitrogens with zero attached hydrogens (tertiary/aromatic N) is 3. The number of fused-ring (bicyclic) bond motifs is 1. The zero-order valence-electron chi connectivity index (χ0n) is 21.5. The standard InChI is InChI=1S/C23H27N5O3.C4H4O4/c1-17(29)24-18-8-9-21-20(16-18)22(30)28(23(31)25-21)11-5-10-26-12-14-27(15-13-26)19-6-3-2-4-7-19;5-3(6)1-2-4(7)8/h2-4,6-9,16H,5,10-15H2,1H3,(H,24,29)(H,25,31);1-2H,(H,5,6)(H,7,8). The summed E-state index contributed by atoms with van der Waals surface area (Å²) < 4.78 is 1.25. The van der Waals surface area contributed by atoms with Crippen molar-refractivity contribution in [1.29, 1.82) is 0 Å². The molecule has 206 valence electrons. The molecular formula is C27H31N5O7. The molecule has 0 bridgehead atoms. The zero-order chi connectivity index (χ0) is 28.4. The summed E-state index contributed by atoms with van der Waals surface area (Å²) in [6.45, 7) is 6.44. The van der Waals surface area contributed by atoms with E-state index < -0.39 is 17.6 Å².